The van der Waals surface area contributed by atoms with E-state index in [1.54, 1.807) is 18.3 Å². The van der Waals surface area contributed by atoms with Crippen molar-refractivity contribution < 1.29 is 9.90 Å². The number of carboxylic acids is 1. The molecule has 0 spiro atoms. The van der Waals surface area contributed by atoms with Crippen molar-refractivity contribution >= 4 is 5.97 Å². The monoisotopic (exact) mass is 179 g/mol. The molecule has 1 rings (SSSR count). The maximum absolute atomic E-state index is 10.4. The van der Waals surface area contributed by atoms with E-state index >= 15 is 0 Å². The molecule has 0 aromatic carbocycles. The van der Waals surface area contributed by atoms with E-state index in [9.17, 15) is 4.79 Å². The normalized spacial score (nSPS) is 12.0. The smallest absolute Gasteiger partial charge is 0.322 e. The average molecular weight is 179 g/mol. The predicted octanol–water partition coefficient (Wildman–Crippen LogP) is -0.228. The topological polar surface area (TPSA) is 92.0 Å². The summed E-state index contributed by atoms with van der Waals surface area (Å²) in [5, 5.41) is 17.1. The van der Waals surface area contributed by atoms with E-state index in [1.807, 2.05) is 6.07 Å². The Morgan fingerprint density at radius 1 is 1.85 bits per heavy atom. The fourth-order valence-corrected chi connectivity index (χ4v) is 0.965. The Hall–Kier alpha value is -1.80. The minimum atomic E-state index is -1.07. The summed E-state index contributed by atoms with van der Waals surface area (Å²) in [6.45, 7) is 0.116. The number of nitriles is 1. The summed E-state index contributed by atoms with van der Waals surface area (Å²) in [6, 6.07) is 4.24. The van der Waals surface area contributed by atoms with Crippen LogP contribution >= 0.6 is 0 Å². The molecule has 5 nitrogen and oxygen atoms in total. The van der Waals surface area contributed by atoms with Crippen LogP contribution in [0.4, 0.5) is 0 Å². The van der Waals surface area contributed by atoms with Crippen molar-refractivity contribution in [3.8, 4) is 6.07 Å². The van der Waals surface area contributed by atoms with E-state index < -0.39 is 12.0 Å². The van der Waals surface area contributed by atoms with E-state index in [4.69, 9.17) is 16.1 Å². The minimum absolute atomic E-state index is 0.116. The van der Waals surface area contributed by atoms with Gasteiger partial charge in [0.15, 0.2) is 0 Å². The summed E-state index contributed by atoms with van der Waals surface area (Å²) in [5.41, 5.74) is 5.72. The third-order valence-electron chi connectivity index (χ3n) is 1.65. The van der Waals surface area contributed by atoms with Crippen LogP contribution in [0.15, 0.2) is 18.3 Å². The molecule has 1 heterocycles. The highest BCUT2D eigenvalue weighted by Gasteiger charge is 2.12. The summed E-state index contributed by atoms with van der Waals surface area (Å²) < 4.78 is 1.51. The number of carbonyl (C=O) groups is 1. The number of rotatable bonds is 3. The quantitative estimate of drug-likeness (QED) is 0.670. The Bertz CT molecular complexity index is 351. The van der Waals surface area contributed by atoms with Gasteiger partial charge in [0.05, 0.1) is 0 Å². The van der Waals surface area contributed by atoms with E-state index in [-0.39, 0.29) is 6.54 Å². The van der Waals surface area contributed by atoms with Gasteiger partial charge in [0, 0.05) is 12.7 Å². The third kappa shape index (κ3) is 2.07. The maximum Gasteiger partial charge on any atom is 0.322 e. The zero-order valence-electron chi connectivity index (χ0n) is 6.84. The molecular formula is C8H9N3O2. The van der Waals surface area contributed by atoms with Crippen LogP contribution < -0.4 is 5.73 Å². The van der Waals surface area contributed by atoms with Gasteiger partial charge in [-0.15, -0.1) is 0 Å². The number of carboxylic acid groups (broad SMARTS) is 1. The highest BCUT2D eigenvalue weighted by molar-refractivity contribution is 5.72. The lowest BCUT2D eigenvalue weighted by Gasteiger charge is -2.08. The molecule has 0 aliphatic carbocycles. The molecule has 1 aromatic rings. The first-order valence-electron chi connectivity index (χ1n) is 3.68. The summed E-state index contributed by atoms with van der Waals surface area (Å²) in [5.74, 6) is -1.07. The van der Waals surface area contributed by atoms with E-state index in [1.165, 1.54) is 4.57 Å². The molecule has 0 bridgehead atoms. The number of nitrogens with zero attached hydrogens (tertiary/aromatic N) is 2. The van der Waals surface area contributed by atoms with Crippen LogP contribution in [0.25, 0.3) is 0 Å². The highest BCUT2D eigenvalue weighted by Crippen LogP contribution is 2.01. The molecular weight excluding hydrogens is 170 g/mol. The van der Waals surface area contributed by atoms with Gasteiger partial charge in [0.25, 0.3) is 0 Å². The van der Waals surface area contributed by atoms with Crippen LogP contribution in [0, 0.1) is 11.3 Å². The second-order valence-corrected chi connectivity index (χ2v) is 2.60. The van der Waals surface area contributed by atoms with E-state index in [0.717, 1.165) is 0 Å². The van der Waals surface area contributed by atoms with Gasteiger partial charge in [0.1, 0.15) is 17.8 Å². The van der Waals surface area contributed by atoms with Gasteiger partial charge >= 0.3 is 5.97 Å². The van der Waals surface area contributed by atoms with Crippen LogP contribution in [0.2, 0.25) is 0 Å². The Kier molecular flexibility index (Phi) is 2.67. The van der Waals surface area contributed by atoms with Gasteiger partial charge in [-0.1, -0.05) is 0 Å². The molecule has 0 saturated carbocycles. The molecule has 0 saturated heterocycles. The molecule has 3 N–H and O–H groups in total. The molecule has 0 fully saturated rings. The lowest BCUT2D eigenvalue weighted by atomic mass is 10.3. The lowest BCUT2D eigenvalue weighted by Crippen LogP contribution is -2.34. The zero-order chi connectivity index (χ0) is 9.84. The van der Waals surface area contributed by atoms with Crippen LogP contribution in [0.3, 0.4) is 0 Å². The molecule has 0 aliphatic rings. The van der Waals surface area contributed by atoms with Gasteiger partial charge in [-0.25, -0.2) is 0 Å². The molecule has 5 heteroatoms. The average Bonchev–Trinajstić information content (AvgIpc) is 2.51. The number of hydrogen-bond donors (Lipinski definition) is 2. The van der Waals surface area contributed by atoms with Crippen LogP contribution in [0.5, 0.6) is 0 Å². The Balaban J connectivity index is 2.75. The third-order valence-corrected chi connectivity index (χ3v) is 1.65. The second kappa shape index (κ2) is 3.74. The second-order valence-electron chi connectivity index (χ2n) is 2.60. The van der Waals surface area contributed by atoms with Gasteiger partial charge in [-0.05, 0) is 12.1 Å². The molecule has 1 atom stereocenters. The molecule has 13 heavy (non-hydrogen) atoms. The standard InChI is InChI=1S/C8H9N3O2/c9-4-6-2-1-3-11(6)5-7(10)8(12)13/h1-3,7H,5,10H2,(H,12,13). The Morgan fingerprint density at radius 3 is 3.08 bits per heavy atom. The number of aromatic nitrogens is 1. The minimum Gasteiger partial charge on any atom is -0.480 e. The molecule has 1 unspecified atom stereocenters. The van der Waals surface area contributed by atoms with E-state index in [0.29, 0.717) is 5.69 Å². The van der Waals surface area contributed by atoms with Crippen molar-refractivity contribution in [2.24, 2.45) is 5.73 Å². The van der Waals surface area contributed by atoms with Gasteiger partial charge in [-0.2, -0.15) is 5.26 Å². The first-order chi connectivity index (χ1) is 6.15. The van der Waals surface area contributed by atoms with Gasteiger partial charge in [0.2, 0.25) is 0 Å². The Morgan fingerprint density at radius 2 is 2.54 bits per heavy atom. The molecule has 0 radical (unpaired) electrons. The van der Waals surface area contributed by atoms with Crippen molar-refractivity contribution in [2.75, 3.05) is 0 Å². The van der Waals surface area contributed by atoms with Crippen molar-refractivity contribution in [1.82, 2.24) is 4.57 Å². The fourth-order valence-electron chi connectivity index (χ4n) is 0.965. The Labute approximate surface area is 75.0 Å². The highest BCUT2D eigenvalue weighted by atomic mass is 16.4. The van der Waals surface area contributed by atoms with Crippen LogP contribution in [-0.4, -0.2) is 21.7 Å². The fraction of sp³-hybridized carbons (Fsp3) is 0.250. The summed E-state index contributed by atoms with van der Waals surface area (Å²) in [4.78, 5) is 10.4. The summed E-state index contributed by atoms with van der Waals surface area (Å²) in [7, 11) is 0. The van der Waals surface area contributed by atoms with Crippen molar-refractivity contribution in [1.29, 1.82) is 5.26 Å². The largest absolute Gasteiger partial charge is 0.480 e. The van der Waals surface area contributed by atoms with Crippen molar-refractivity contribution in [3.05, 3.63) is 24.0 Å². The first kappa shape index (κ1) is 9.29. The zero-order valence-corrected chi connectivity index (χ0v) is 6.84. The molecule has 68 valence electrons. The predicted molar refractivity (Wildman–Crippen MR) is 44.8 cm³/mol. The molecule has 0 amide bonds. The van der Waals surface area contributed by atoms with E-state index in [2.05, 4.69) is 0 Å². The first-order valence-corrected chi connectivity index (χ1v) is 3.68. The SMILES string of the molecule is N#Cc1cccn1CC(N)C(=O)O. The van der Waals surface area contributed by atoms with Gasteiger partial charge in [-0.3, -0.25) is 4.79 Å². The summed E-state index contributed by atoms with van der Waals surface area (Å²) in [6.07, 6.45) is 1.63. The molecule has 0 aliphatic heterocycles. The number of hydrogen-bond acceptors (Lipinski definition) is 3. The van der Waals surface area contributed by atoms with Crippen molar-refractivity contribution in [2.45, 2.75) is 12.6 Å². The number of nitrogens with two attached hydrogens (primary N) is 1. The van der Waals surface area contributed by atoms with Gasteiger partial charge < -0.3 is 15.4 Å². The lowest BCUT2D eigenvalue weighted by molar-refractivity contribution is -0.138. The summed E-state index contributed by atoms with van der Waals surface area (Å²) >= 11 is 0. The van der Waals surface area contributed by atoms with Crippen molar-refractivity contribution in [3.63, 3.8) is 0 Å². The van der Waals surface area contributed by atoms with Crippen LogP contribution in [0.1, 0.15) is 5.69 Å². The molecule has 1 aromatic heterocycles. The maximum atomic E-state index is 10.4. The number of aliphatic carboxylic acids is 1. The van der Waals surface area contributed by atoms with Crippen LogP contribution in [-0.2, 0) is 11.3 Å².